The first-order valence-electron chi connectivity index (χ1n) is 9.08. The molecular formula is C19H22N4O2S. The molecule has 136 valence electrons. The van der Waals surface area contributed by atoms with Crippen LogP contribution in [0, 0.1) is 0 Å². The molecule has 0 saturated carbocycles. The fraction of sp³-hybridized carbons (Fsp3) is 0.421. The van der Waals surface area contributed by atoms with Crippen LogP contribution >= 0.6 is 11.3 Å². The highest BCUT2D eigenvalue weighted by molar-refractivity contribution is 7.13. The van der Waals surface area contributed by atoms with Crippen molar-refractivity contribution < 1.29 is 9.59 Å². The van der Waals surface area contributed by atoms with Crippen molar-refractivity contribution in [3.05, 3.63) is 40.4 Å². The number of nitrogens with zero attached hydrogens (tertiary/aromatic N) is 2. The fourth-order valence-corrected chi connectivity index (χ4v) is 4.17. The molecule has 6 nitrogen and oxygen atoms in total. The quantitative estimate of drug-likeness (QED) is 0.866. The molecule has 3 heterocycles. The highest BCUT2D eigenvalue weighted by Crippen LogP contribution is 2.25. The zero-order valence-electron chi connectivity index (χ0n) is 14.6. The van der Waals surface area contributed by atoms with Crippen LogP contribution in [0.5, 0.6) is 0 Å². The lowest BCUT2D eigenvalue weighted by Gasteiger charge is -2.25. The van der Waals surface area contributed by atoms with Crippen LogP contribution < -0.4 is 10.6 Å². The largest absolute Gasteiger partial charge is 0.326 e. The number of benzene rings is 1. The molecule has 4 rings (SSSR count). The number of amides is 2. The Balaban J connectivity index is 1.39. The molecule has 0 aliphatic carbocycles. The average molecular weight is 370 g/mol. The van der Waals surface area contributed by atoms with Crippen molar-refractivity contribution >= 4 is 34.0 Å². The highest BCUT2D eigenvalue weighted by atomic mass is 32.1. The molecule has 2 amide bonds. The number of hydrogen-bond donors (Lipinski definition) is 2. The average Bonchev–Trinajstić information content (AvgIpc) is 3.08. The number of carbonyl (C=O) groups excluding carboxylic acids is 2. The van der Waals surface area contributed by atoms with Gasteiger partial charge in [-0.2, -0.15) is 0 Å². The van der Waals surface area contributed by atoms with Gasteiger partial charge in [0.1, 0.15) is 0 Å². The number of rotatable bonds is 4. The summed E-state index contributed by atoms with van der Waals surface area (Å²) in [4.78, 5) is 30.9. The molecule has 2 aliphatic rings. The van der Waals surface area contributed by atoms with Crippen molar-refractivity contribution in [3.63, 3.8) is 0 Å². The van der Waals surface area contributed by atoms with Gasteiger partial charge < -0.3 is 5.32 Å². The Hall–Kier alpha value is -2.25. The molecule has 26 heavy (non-hydrogen) atoms. The number of piperidine rings is 1. The fourth-order valence-electron chi connectivity index (χ4n) is 3.48. The Bertz CT molecular complexity index is 827. The van der Waals surface area contributed by atoms with Gasteiger partial charge in [0, 0.05) is 29.6 Å². The van der Waals surface area contributed by atoms with Crippen LogP contribution in [0.3, 0.4) is 0 Å². The van der Waals surface area contributed by atoms with Gasteiger partial charge in [-0.1, -0.05) is 6.42 Å². The molecule has 0 radical (unpaired) electrons. The van der Waals surface area contributed by atoms with Gasteiger partial charge in [0.25, 0.3) is 5.91 Å². The number of hydrogen-bond acceptors (Lipinski definition) is 5. The molecule has 0 atom stereocenters. The van der Waals surface area contributed by atoms with E-state index in [1.807, 2.05) is 11.4 Å². The lowest BCUT2D eigenvalue weighted by Crippen LogP contribution is -2.29. The first-order valence-corrected chi connectivity index (χ1v) is 9.96. The molecule has 7 heteroatoms. The molecule has 0 spiro atoms. The van der Waals surface area contributed by atoms with E-state index in [-0.39, 0.29) is 11.8 Å². The SMILES string of the molecule is O=C1CCc2cc(C(=O)Nc3nc(CN4CCCCC4)cs3)ccc2N1. The number of aryl methyl sites for hydroxylation is 1. The number of nitrogens with one attached hydrogen (secondary N) is 2. The van der Waals surface area contributed by atoms with Gasteiger partial charge in [0.15, 0.2) is 5.13 Å². The summed E-state index contributed by atoms with van der Waals surface area (Å²) in [7, 11) is 0. The summed E-state index contributed by atoms with van der Waals surface area (Å²) >= 11 is 1.46. The maximum atomic E-state index is 12.5. The normalized spacial score (nSPS) is 17.5. The maximum absolute atomic E-state index is 12.5. The zero-order chi connectivity index (χ0) is 17.9. The Morgan fingerprint density at radius 3 is 2.92 bits per heavy atom. The number of anilines is 2. The van der Waals surface area contributed by atoms with Crippen LogP contribution in [0.2, 0.25) is 0 Å². The van der Waals surface area contributed by atoms with Gasteiger partial charge in [0.05, 0.1) is 5.69 Å². The summed E-state index contributed by atoms with van der Waals surface area (Å²) < 4.78 is 0. The van der Waals surface area contributed by atoms with Crippen LogP contribution in [0.15, 0.2) is 23.6 Å². The van der Waals surface area contributed by atoms with Gasteiger partial charge in [-0.25, -0.2) is 4.98 Å². The van der Waals surface area contributed by atoms with Gasteiger partial charge in [-0.3, -0.25) is 19.8 Å². The first kappa shape index (κ1) is 17.2. The van der Waals surface area contributed by atoms with Gasteiger partial charge in [0.2, 0.25) is 5.91 Å². The van der Waals surface area contributed by atoms with Gasteiger partial charge in [-0.05, 0) is 56.1 Å². The molecule has 1 fully saturated rings. The van der Waals surface area contributed by atoms with E-state index in [1.165, 1.54) is 30.6 Å². The van der Waals surface area contributed by atoms with Gasteiger partial charge in [-0.15, -0.1) is 11.3 Å². The summed E-state index contributed by atoms with van der Waals surface area (Å²) in [5.41, 5.74) is 3.41. The zero-order valence-corrected chi connectivity index (χ0v) is 15.4. The summed E-state index contributed by atoms with van der Waals surface area (Å²) in [6.45, 7) is 3.11. The summed E-state index contributed by atoms with van der Waals surface area (Å²) in [5.74, 6) is -0.137. The molecule has 2 N–H and O–H groups in total. The minimum absolute atomic E-state index is 0.0266. The molecule has 0 unspecified atom stereocenters. The highest BCUT2D eigenvalue weighted by Gasteiger charge is 2.18. The van der Waals surface area contributed by atoms with Crippen molar-refractivity contribution in [2.24, 2.45) is 0 Å². The van der Waals surface area contributed by atoms with E-state index >= 15 is 0 Å². The smallest absolute Gasteiger partial charge is 0.257 e. The summed E-state index contributed by atoms with van der Waals surface area (Å²) in [5, 5.41) is 8.38. The molecule has 1 aromatic heterocycles. The van der Waals surface area contributed by atoms with Crippen molar-refractivity contribution in [2.45, 2.75) is 38.6 Å². The third kappa shape index (κ3) is 3.94. The van der Waals surface area contributed by atoms with Crippen molar-refractivity contribution in [2.75, 3.05) is 23.7 Å². The van der Waals surface area contributed by atoms with E-state index in [4.69, 9.17) is 0 Å². The third-order valence-corrected chi connectivity index (χ3v) is 5.68. The molecule has 2 aromatic rings. The van der Waals surface area contributed by atoms with E-state index < -0.39 is 0 Å². The number of carbonyl (C=O) groups is 2. The third-order valence-electron chi connectivity index (χ3n) is 4.87. The Labute approximate surface area is 156 Å². The van der Waals surface area contributed by atoms with Crippen LogP contribution in [0.1, 0.15) is 47.3 Å². The van der Waals surface area contributed by atoms with Crippen LogP contribution in [-0.4, -0.2) is 34.8 Å². The predicted molar refractivity (Wildman–Crippen MR) is 103 cm³/mol. The second-order valence-corrected chi connectivity index (χ2v) is 7.71. The first-order chi connectivity index (χ1) is 12.7. The van der Waals surface area contributed by atoms with E-state index in [0.29, 0.717) is 23.5 Å². The minimum Gasteiger partial charge on any atom is -0.326 e. The summed E-state index contributed by atoms with van der Waals surface area (Å²) in [6, 6.07) is 5.39. The standard InChI is InChI=1S/C19H22N4O2S/c24-17-7-5-13-10-14(4-6-16(13)21-17)18(25)22-19-20-15(12-26-19)11-23-8-2-1-3-9-23/h4,6,10,12H,1-3,5,7-9,11H2,(H,21,24)(H,20,22,25). The second-order valence-electron chi connectivity index (χ2n) is 6.86. The van der Waals surface area contributed by atoms with E-state index in [0.717, 1.165) is 36.6 Å². The van der Waals surface area contributed by atoms with E-state index in [1.54, 1.807) is 12.1 Å². The molecule has 0 bridgehead atoms. The Morgan fingerprint density at radius 2 is 2.08 bits per heavy atom. The van der Waals surface area contributed by atoms with Gasteiger partial charge >= 0.3 is 0 Å². The molecule has 1 saturated heterocycles. The molecular weight excluding hydrogens is 348 g/mol. The topological polar surface area (TPSA) is 74.3 Å². The van der Waals surface area contributed by atoms with Crippen molar-refractivity contribution in [1.29, 1.82) is 0 Å². The van der Waals surface area contributed by atoms with Crippen molar-refractivity contribution in [1.82, 2.24) is 9.88 Å². The number of thiazole rings is 1. The lowest BCUT2D eigenvalue weighted by atomic mass is 10.0. The van der Waals surface area contributed by atoms with E-state index in [2.05, 4.69) is 20.5 Å². The molecule has 1 aromatic carbocycles. The van der Waals surface area contributed by atoms with Crippen molar-refractivity contribution in [3.8, 4) is 0 Å². The number of fused-ring (bicyclic) bond motifs is 1. The van der Waals surface area contributed by atoms with Crippen LogP contribution in [0.25, 0.3) is 0 Å². The monoisotopic (exact) mass is 370 g/mol. The Morgan fingerprint density at radius 1 is 1.23 bits per heavy atom. The van der Waals surface area contributed by atoms with Crippen LogP contribution in [-0.2, 0) is 17.8 Å². The second kappa shape index (κ2) is 7.55. The van der Waals surface area contributed by atoms with E-state index in [9.17, 15) is 9.59 Å². The summed E-state index contributed by atoms with van der Waals surface area (Å²) in [6.07, 6.45) is 4.96. The number of likely N-dealkylation sites (tertiary alicyclic amines) is 1. The minimum atomic E-state index is -0.163. The number of aromatic nitrogens is 1. The predicted octanol–water partition coefficient (Wildman–Crippen LogP) is 3.27. The molecule has 2 aliphatic heterocycles. The maximum Gasteiger partial charge on any atom is 0.257 e. The Kier molecular flexibility index (Phi) is 4.99. The van der Waals surface area contributed by atoms with Crippen LogP contribution in [0.4, 0.5) is 10.8 Å². The lowest BCUT2D eigenvalue weighted by molar-refractivity contribution is -0.116.